The van der Waals surface area contributed by atoms with E-state index < -0.39 is 0 Å². The van der Waals surface area contributed by atoms with Gasteiger partial charge in [-0.15, -0.1) is 0 Å². The Morgan fingerprint density at radius 1 is 1.64 bits per heavy atom. The highest BCUT2D eigenvalue weighted by atomic mass is 16.2. The minimum absolute atomic E-state index is 0.305. The Balaban J connectivity index is 2.42. The maximum atomic E-state index is 8.64. The molecule has 1 saturated carbocycles. The van der Waals surface area contributed by atoms with Gasteiger partial charge in [-0.2, -0.15) is 0 Å². The third-order valence-electron chi connectivity index (χ3n) is 2.57. The van der Waals surface area contributed by atoms with Crippen molar-refractivity contribution in [3.05, 3.63) is 11.6 Å². The molecule has 64 valence electrons. The summed E-state index contributed by atoms with van der Waals surface area (Å²) < 4.78 is 0. The smallest absolute Gasteiger partial charge is 0.0465 e. The minimum atomic E-state index is 0.305. The molecule has 0 radical (unpaired) electrons. The summed E-state index contributed by atoms with van der Waals surface area (Å²) in [7, 11) is 0. The topological polar surface area (TPSA) is 20.2 Å². The van der Waals surface area contributed by atoms with Crippen LogP contribution >= 0.6 is 0 Å². The van der Waals surface area contributed by atoms with E-state index in [-0.39, 0.29) is 0 Å². The summed E-state index contributed by atoms with van der Waals surface area (Å²) >= 11 is 0. The first kappa shape index (κ1) is 8.79. The molecule has 1 nitrogen and oxygen atoms in total. The van der Waals surface area contributed by atoms with Gasteiger partial charge in [-0.05, 0) is 38.0 Å². The first-order valence-electron chi connectivity index (χ1n) is 4.68. The van der Waals surface area contributed by atoms with Crippen LogP contribution in [-0.4, -0.2) is 11.7 Å². The molecule has 0 aromatic carbocycles. The van der Waals surface area contributed by atoms with Gasteiger partial charge in [-0.25, -0.2) is 0 Å². The summed E-state index contributed by atoms with van der Waals surface area (Å²) in [6, 6.07) is 0. The Labute approximate surface area is 69.1 Å². The van der Waals surface area contributed by atoms with E-state index in [4.69, 9.17) is 5.11 Å². The van der Waals surface area contributed by atoms with Crippen molar-refractivity contribution >= 4 is 0 Å². The van der Waals surface area contributed by atoms with Gasteiger partial charge in [0.1, 0.15) is 0 Å². The molecule has 1 aliphatic rings. The summed E-state index contributed by atoms with van der Waals surface area (Å²) in [6.45, 7) is 2.56. The van der Waals surface area contributed by atoms with Crippen LogP contribution in [0.2, 0.25) is 0 Å². The van der Waals surface area contributed by atoms with E-state index in [0.29, 0.717) is 6.61 Å². The summed E-state index contributed by atoms with van der Waals surface area (Å²) in [5.41, 5.74) is 1.60. The highest BCUT2D eigenvalue weighted by Gasteiger charge is 2.17. The SMILES string of the molecule is CCC1CCC/C1=C/CCO. The molecule has 0 saturated heterocycles. The Bertz CT molecular complexity index is 138. The number of rotatable bonds is 3. The van der Waals surface area contributed by atoms with E-state index in [2.05, 4.69) is 13.0 Å². The van der Waals surface area contributed by atoms with Crippen molar-refractivity contribution in [3.63, 3.8) is 0 Å². The average Bonchev–Trinajstić information content (AvgIpc) is 2.47. The van der Waals surface area contributed by atoms with Crippen molar-refractivity contribution < 1.29 is 5.11 Å². The van der Waals surface area contributed by atoms with Crippen LogP contribution in [0, 0.1) is 5.92 Å². The lowest BCUT2D eigenvalue weighted by molar-refractivity contribution is 0.302. The molecule has 0 aliphatic heterocycles. The molecule has 0 aromatic rings. The lowest BCUT2D eigenvalue weighted by atomic mass is 9.99. The first-order chi connectivity index (χ1) is 5.38. The Morgan fingerprint density at radius 3 is 3.09 bits per heavy atom. The van der Waals surface area contributed by atoms with Crippen molar-refractivity contribution in [1.82, 2.24) is 0 Å². The first-order valence-corrected chi connectivity index (χ1v) is 4.68. The molecule has 11 heavy (non-hydrogen) atoms. The molecule has 1 fully saturated rings. The molecular formula is C10H18O. The fraction of sp³-hybridized carbons (Fsp3) is 0.800. The zero-order valence-corrected chi connectivity index (χ0v) is 7.34. The van der Waals surface area contributed by atoms with Gasteiger partial charge in [-0.1, -0.05) is 18.6 Å². The number of aliphatic hydroxyl groups excluding tert-OH is 1. The maximum Gasteiger partial charge on any atom is 0.0465 e. The van der Waals surface area contributed by atoms with Gasteiger partial charge >= 0.3 is 0 Å². The predicted octanol–water partition coefficient (Wildman–Crippen LogP) is 2.51. The van der Waals surface area contributed by atoms with Crippen LogP contribution in [-0.2, 0) is 0 Å². The van der Waals surface area contributed by atoms with Crippen LogP contribution in [0.25, 0.3) is 0 Å². The number of allylic oxidation sites excluding steroid dienone is 1. The minimum Gasteiger partial charge on any atom is -0.396 e. The van der Waals surface area contributed by atoms with E-state index >= 15 is 0 Å². The molecule has 1 atom stereocenters. The van der Waals surface area contributed by atoms with Gasteiger partial charge in [0.15, 0.2) is 0 Å². The van der Waals surface area contributed by atoms with E-state index in [1.54, 1.807) is 5.57 Å². The summed E-state index contributed by atoms with van der Waals surface area (Å²) in [6.07, 6.45) is 8.37. The molecular weight excluding hydrogens is 136 g/mol. The fourth-order valence-electron chi connectivity index (χ4n) is 1.93. The standard InChI is InChI=1S/C10H18O/c1-2-9-5-3-6-10(9)7-4-8-11/h7,9,11H,2-6,8H2,1H3/b10-7-. The monoisotopic (exact) mass is 154 g/mol. The van der Waals surface area contributed by atoms with Crippen molar-refractivity contribution in [2.75, 3.05) is 6.61 Å². The molecule has 0 heterocycles. The van der Waals surface area contributed by atoms with Crippen molar-refractivity contribution in [2.24, 2.45) is 5.92 Å². The third kappa shape index (κ3) is 2.33. The van der Waals surface area contributed by atoms with Crippen molar-refractivity contribution in [2.45, 2.75) is 39.0 Å². The van der Waals surface area contributed by atoms with Crippen LogP contribution in [0.3, 0.4) is 0 Å². The van der Waals surface area contributed by atoms with Gasteiger partial charge in [-0.3, -0.25) is 0 Å². The second-order valence-corrected chi connectivity index (χ2v) is 3.29. The quantitative estimate of drug-likeness (QED) is 0.619. The zero-order chi connectivity index (χ0) is 8.10. The largest absolute Gasteiger partial charge is 0.396 e. The molecule has 0 bridgehead atoms. The summed E-state index contributed by atoms with van der Waals surface area (Å²) in [4.78, 5) is 0. The molecule has 0 aromatic heterocycles. The highest BCUT2D eigenvalue weighted by molar-refractivity contribution is 5.10. The van der Waals surface area contributed by atoms with Crippen molar-refractivity contribution in [3.8, 4) is 0 Å². The fourth-order valence-corrected chi connectivity index (χ4v) is 1.93. The summed E-state index contributed by atoms with van der Waals surface area (Å²) in [5.74, 6) is 0.835. The Hall–Kier alpha value is -0.300. The van der Waals surface area contributed by atoms with Crippen LogP contribution in [0.15, 0.2) is 11.6 Å². The van der Waals surface area contributed by atoms with Gasteiger partial charge in [0, 0.05) is 6.61 Å². The third-order valence-corrected chi connectivity index (χ3v) is 2.57. The maximum absolute atomic E-state index is 8.64. The van der Waals surface area contributed by atoms with Gasteiger partial charge in [0.25, 0.3) is 0 Å². The molecule has 0 amide bonds. The molecule has 1 unspecified atom stereocenters. The lowest BCUT2D eigenvalue weighted by Gasteiger charge is -2.07. The Kier molecular flexibility index (Phi) is 3.64. The van der Waals surface area contributed by atoms with Crippen LogP contribution in [0.4, 0.5) is 0 Å². The second-order valence-electron chi connectivity index (χ2n) is 3.29. The number of hydrogen-bond acceptors (Lipinski definition) is 1. The van der Waals surface area contributed by atoms with Crippen LogP contribution < -0.4 is 0 Å². The molecule has 1 aliphatic carbocycles. The lowest BCUT2D eigenvalue weighted by Crippen LogP contribution is -1.94. The molecule has 1 rings (SSSR count). The second kappa shape index (κ2) is 4.55. The van der Waals surface area contributed by atoms with Crippen molar-refractivity contribution in [1.29, 1.82) is 0 Å². The normalized spacial score (nSPS) is 28.2. The van der Waals surface area contributed by atoms with Gasteiger partial charge < -0.3 is 5.11 Å². The molecule has 1 heteroatoms. The van der Waals surface area contributed by atoms with E-state index in [0.717, 1.165) is 12.3 Å². The number of aliphatic hydroxyl groups is 1. The van der Waals surface area contributed by atoms with Crippen LogP contribution in [0.5, 0.6) is 0 Å². The number of hydrogen-bond donors (Lipinski definition) is 1. The Morgan fingerprint density at radius 2 is 2.45 bits per heavy atom. The summed E-state index contributed by atoms with van der Waals surface area (Å²) in [5, 5.41) is 8.64. The van der Waals surface area contributed by atoms with E-state index in [1.165, 1.54) is 25.7 Å². The predicted molar refractivity (Wildman–Crippen MR) is 47.4 cm³/mol. The zero-order valence-electron chi connectivity index (χ0n) is 7.34. The van der Waals surface area contributed by atoms with Gasteiger partial charge in [0.2, 0.25) is 0 Å². The molecule has 0 spiro atoms. The van der Waals surface area contributed by atoms with E-state index in [9.17, 15) is 0 Å². The molecule has 1 N–H and O–H groups in total. The van der Waals surface area contributed by atoms with E-state index in [1.807, 2.05) is 0 Å². The van der Waals surface area contributed by atoms with Crippen LogP contribution in [0.1, 0.15) is 39.0 Å². The average molecular weight is 154 g/mol. The highest BCUT2D eigenvalue weighted by Crippen LogP contribution is 2.33. The van der Waals surface area contributed by atoms with Gasteiger partial charge in [0.05, 0.1) is 0 Å².